The van der Waals surface area contributed by atoms with Gasteiger partial charge in [0.05, 0.1) is 0 Å². The van der Waals surface area contributed by atoms with Crippen LogP contribution in [0.1, 0.15) is 11.1 Å². The molecule has 0 heterocycles. The van der Waals surface area contributed by atoms with Crippen molar-refractivity contribution in [2.45, 2.75) is 13.0 Å². The van der Waals surface area contributed by atoms with Gasteiger partial charge in [0.25, 0.3) is 0 Å². The predicted octanol–water partition coefficient (Wildman–Crippen LogP) is 4.25. The summed E-state index contributed by atoms with van der Waals surface area (Å²) in [5.74, 6) is 0. The van der Waals surface area contributed by atoms with Gasteiger partial charge in [-0.3, -0.25) is 0 Å². The Balaban J connectivity index is 1.67. The van der Waals surface area contributed by atoms with Crippen LogP contribution in [0.25, 0.3) is 0 Å². The molecular formula is C16H16Br2N2O. The molecule has 2 amide bonds. The molecule has 2 aromatic carbocycles. The number of carbonyl (C=O) groups excluding carboxylic acids is 1. The highest BCUT2D eigenvalue weighted by Gasteiger charge is 2.00. The first-order valence-electron chi connectivity index (χ1n) is 6.64. The minimum Gasteiger partial charge on any atom is -0.338 e. The minimum atomic E-state index is -0.143. The summed E-state index contributed by atoms with van der Waals surface area (Å²) in [6, 6.07) is 15.8. The molecule has 2 rings (SSSR count). The summed E-state index contributed by atoms with van der Waals surface area (Å²) in [5.41, 5.74) is 2.27. The number of rotatable bonds is 5. The first-order valence-corrected chi connectivity index (χ1v) is 8.23. The number of carbonyl (C=O) groups is 1. The molecular weight excluding hydrogens is 396 g/mol. The number of hydrogen-bond acceptors (Lipinski definition) is 1. The highest BCUT2D eigenvalue weighted by Crippen LogP contribution is 2.11. The van der Waals surface area contributed by atoms with E-state index in [2.05, 4.69) is 42.5 Å². The lowest BCUT2D eigenvalue weighted by molar-refractivity contribution is 0.240. The molecule has 0 aliphatic rings. The van der Waals surface area contributed by atoms with E-state index >= 15 is 0 Å². The van der Waals surface area contributed by atoms with Crippen molar-refractivity contribution in [2.75, 3.05) is 6.54 Å². The van der Waals surface area contributed by atoms with Crippen molar-refractivity contribution in [3.63, 3.8) is 0 Å². The number of hydrogen-bond donors (Lipinski definition) is 2. The molecule has 21 heavy (non-hydrogen) atoms. The SMILES string of the molecule is O=C(NCCc1ccc(Br)cc1)NCc1ccc(Br)cc1. The number of amides is 2. The molecule has 0 aliphatic heterocycles. The Morgan fingerprint density at radius 3 is 1.90 bits per heavy atom. The van der Waals surface area contributed by atoms with E-state index in [9.17, 15) is 4.79 Å². The van der Waals surface area contributed by atoms with E-state index in [-0.39, 0.29) is 6.03 Å². The molecule has 0 saturated carbocycles. The average molecular weight is 412 g/mol. The van der Waals surface area contributed by atoms with Gasteiger partial charge in [0.2, 0.25) is 0 Å². The lowest BCUT2D eigenvalue weighted by atomic mass is 10.1. The van der Waals surface area contributed by atoms with Crippen LogP contribution < -0.4 is 10.6 Å². The molecule has 0 spiro atoms. The van der Waals surface area contributed by atoms with Crippen LogP contribution in [0.3, 0.4) is 0 Å². The third kappa shape index (κ3) is 5.89. The second-order valence-corrected chi connectivity index (χ2v) is 6.44. The largest absolute Gasteiger partial charge is 0.338 e. The maximum Gasteiger partial charge on any atom is 0.315 e. The van der Waals surface area contributed by atoms with Crippen molar-refractivity contribution in [1.82, 2.24) is 10.6 Å². The lowest BCUT2D eigenvalue weighted by Gasteiger charge is -2.08. The van der Waals surface area contributed by atoms with E-state index in [0.717, 1.165) is 20.9 Å². The summed E-state index contributed by atoms with van der Waals surface area (Å²) < 4.78 is 2.09. The van der Waals surface area contributed by atoms with Crippen LogP contribution in [0.15, 0.2) is 57.5 Å². The quantitative estimate of drug-likeness (QED) is 0.758. The Kier molecular flexibility index (Phi) is 6.26. The van der Waals surface area contributed by atoms with E-state index in [0.29, 0.717) is 13.1 Å². The summed E-state index contributed by atoms with van der Waals surface area (Å²) in [5, 5.41) is 5.70. The summed E-state index contributed by atoms with van der Waals surface area (Å²) in [6.07, 6.45) is 0.818. The molecule has 0 bridgehead atoms. The van der Waals surface area contributed by atoms with Gasteiger partial charge in [-0.15, -0.1) is 0 Å². The van der Waals surface area contributed by atoms with Crippen molar-refractivity contribution in [2.24, 2.45) is 0 Å². The second-order valence-electron chi connectivity index (χ2n) is 4.61. The van der Waals surface area contributed by atoms with E-state index < -0.39 is 0 Å². The van der Waals surface area contributed by atoms with Gasteiger partial charge >= 0.3 is 6.03 Å². The average Bonchev–Trinajstić information content (AvgIpc) is 2.49. The fraction of sp³-hybridized carbons (Fsp3) is 0.188. The Morgan fingerprint density at radius 2 is 1.33 bits per heavy atom. The number of halogens is 2. The van der Waals surface area contributed by atoms with Crippen LogP contribution in [-0.2, 0) is 13.0 Å². The number of nitrogens with one attached hydrogen (secondary N) is 2. The smallest absolute Gasteiger partial charge is 0.315 e. The zero-order valence-electron chi connectivity index (χ0n) is 11.4. The van der Waals surface area contributed by atoms with Crippen LogP contribution in [0.2, 0.25) is 0 Å². The predicted molar refractivity (Wildman–Crippen MR) is 92.2 cm³/mol. The molecule has 3 nitrogen and oxygen atoms in total. The zero-order valence-corrected chi connectivity index (χ0v) is 14.6. The van der Waals surface area contributed by atoms with E-state index in [1.165, 1.54) is 5.56 Å². The Morgan fingerprint density at radius 1 is 0.810 bits per heavy atom. The third-order valence-electron chi connectivity index (χ3n) is 2.98. The minimum absolute atomic E-state index is 0.143. The first-order chi connectivity index (χ1) is 10.1. The van der Waals surface area contributed by atoms with E-state index in [1.54, 1.807) is 0 Å². The van der Waals surface area contributed by atoms with Gasteiger partial charge in [-0.25, -0.2) is 4.79 Å². The van der Waals surface area contributed by atoms with Crippen LogP contribution in [-0.4, -0.2) is 12.6 Å². The van der Waals surface area contributed by atoms with E-state index in [4.69, 9.17) is 0 Å². The summed E-state index contributed by atoms with van der Waals surface area (Å²) in [4.78, 5) is 11.7. The maximum absolute atomic E-state index is 11.7. The van der Waals surface area contributed by atoms with E-state index in [1.807, 2.05) is 48.5 Å². The van der Waals surface area contributed by atoms with Gasteiger partial charge in [-0.1, -0.05) is 56.1 Å². The van der Waals surface area contributed by atoms with Crippen molar-refractivity contribution >= 4 is 37.9 Å². The monoisotopic (exact) mass is 410 g/mol. The Bertz CT molecular complexity index is 582. The van der Waals surface area contributed by atoms with Gasteiger partial charge < -0.3 is 10.6 Å². The van der Waals surface area contributed by atoms with Crippen LogP contribution in [0.5, 0.6) is 0 Å². The summed E-state index contributed by atoms with van der Waals surface area (Å²) in [6.45, 7) is 1.14. The highest BCUT2D eigenvalue weighted by molar-refractivity contribution is 9.10. The van der Waals surface area contributed by atoms with Crippen molar-refractivity contribution in [3.05, 3.63) is 68.6 Å². The molecule has 5 heteroatoms. The molecule has 0 saturated heterocycles. The molecule has 2 N–H and O–H groups in total. The third-order valence-corrected chi connectivity index (χ3v) is 4.04. The fourth-order valence-corrected chi connectivity index (χ4v) is 2.35. The molecule has 110 valence electrons. The maximum atomic E-state index is 11.7. The van der Waals surface area contributed by atoms with Crippen LogP contribution in [0.4, 0.5) is 4.79 Å². The summed E-state index contributed by atoms with van der Waals surface area (Å²) >= 11 is 6.78. The molecule has 2 aromatic rings. The van der Waals surface area contributed by atoms with Gasteiger partial charge in [0, 0.05) is 22.0 Å². The zero-order chi connectivity index (χ0) is 15.1. The van der Waals surface area contributed by atoms with Crippen molar-refractivity contribution in [1.29, 1.82) is 0 Å². The van der Waals surface area contributed by atoms with Gasteiger partial charge in [-0.05, 0) is 41.8 Å². The summed E-state index contributed by atoms with van der Waals surface area (Å²) in [7, 11) is 0. The normalized spacial score (nSPS) is 10.2. The molecule has 0 radical (unpaired) electrons. The molecule has 0 aromatic heterocycles. The standard InChI is InChI=1S/C16H16Br2N2O/c17-14-5-1-12(2-6-14)9-10-19-16(21)20-11-13-3-7-15(18)8-4-13/h1-8H,9-11H2,(H2,19,20,21). The lowest BCUT2D eigenvalue weighted by Crippen LogP contribution is -2.36. The highest BCUT2D eigenvalue weighted by atomic mass is 79.9. The first kappa shape index (κ1) is 16.0. The van der Waals surface area contributed by atoms with Crippen LogP contribution in [0, 0.1) is 0 Å². The Labute approximate surface area is 141 Å². The van der Waals surface area contributed by atoms with Gasteiger partial charge in [0.15, 0.2) is 0 Å². The van der Waals surface area contributed by atoms with Gasteiger partial charge in [-0.2, -0.15) is 0 Å². The van der Waals surface area contributed by atoms with Gasteiger partial charge in [0.1, 0.15) is 0 Å². The molecule has 0 aliphatic carbocycles. The molecule has 0 unspecified atom stereocenters. The second kappa shape index (κ2) is 8.20. The van der Waals surface area contributed by atoms with Crippen molar-refractivity contribution in [3.8, 4) is 0 Å². The topological polar surface area (TPSA) is 41.1 Å². The number of benzene rings is 2. The molecule has 0 fully saturated rings. The number of urea groups is 1. The molecule has 0 atom stereocenters. The Hall–Kier alpha value is -1.33. The van der Waals surface area contributed by atoms with Crippen LogP contribution >= 0.6 is 31.9 Å². The fourth-order valence-electron chi connectivity index (χ4n) is 1.82. The van der Waals surface area contributed by atoms with Crippen molar-refractivity contribution < 1.29 is 4.79 Å².